The first-order valence-corrected chi connectivity index (χ1v) is 17.4. The van der Waals surface area contributed by atoms with E-state index in [0.29, 0.717) is 17.5 Å². The van der Waals surface area contributed by atoms with Gasteiger partial charge in [0.25, 0.3) is 0 Å². The molecule has 0 unspecified atom stereocenters. The molecule has 0 aliphatic heterocycles. The maximum Gasteiger partial charge on any atom is 0.167 e. The first-order valence-electron chi connectivity index (χ1n) is 16.6. The SMILES string of the molecule is c1ccc(-c2ccc(-c3ccc4c(c3)sc3cc(-c5nc(-c6ccccc6)nc(-c6cccc7c6oc6ccccc67)n5)ccc34)cc2)cc1. The molecule has 0 bridgehead atoms. The highest BCUT2D eigenvalue weighted by molar-refractivity contribution is 7.25. The van der Waals surface area contributed by atoms with Gasteiger partial charge in [-0.1, -0.05) is 140 Å². The zero-order valence-corrected chi connectivity index (χ0v) is 27.6. The normalized spacial score (nSPS) is 11.6. The molecule has 50 heavy (non-hydrogen) atoms. The van der Waals surface area contributed by atoms with Gasteiger partial charge in [0.2, 0.25) is 0 Å². The number of hydrogen-bond donors (Lipinski definition) is 0. The van der Waals surface area contributed by atoms with Gasteiger partial charge in [0, 0.05) is 42.1 Å². The standard InChI is InChI=1S/C45H27N3OS/c1-3-10-28(11-4-1)29-18-20-30(21-19-29)32-22-24-35-36-25-23-33(27-41(36)50-40(35)26-32)44-46-43(31-12-5-2-6-13-31)47-45(48-44)38-16-9-15-37-34-14-7-8-17-39(34)49-42(37)38/h1-27H. The van der Waals surface area contributed by atoms with Crippen LogP contribution in [0.2, 0.25) is 0 Å². The average molecular weight is 658 g/mol. The summed E-state index contributed by atoms with van der Waals surface area (Å²) in [6.07, 6.45) is 0. The summed E-state index contributed by atoms with van der Waals surface area (Å²) >= 11 is 1.80. The highest BCUT2D eigenvalue weighted by Crippen LogP contribution is 2.40. The Hall–Kier alpha value is -6.43. The summed E-state index contributed by atoms with van der Waals surface area (Å²) in [4.78, 5) is 15.1. The lowest BCUT2D eigenvalue weighted by Gasteiger charge is -2.09. The van der Waals surface area contributed by atoms with Crippen LogP contribution in [0.4, 0.5) is 0 Å². The lowest BCUT2D eigenvalue weighted by atomic mass is 9.99. The molecule has 5 heteroatoms. The summed E-state index contributed by atoms with van der Waals surface area (Å²) in [6.45, 7) is 0. The molecule has 3 heterocycles. The van der Waals surface area contributed by atoms with Gasteiger partial charge in [-0.05, 0) is 46.5 Å². The van der Waals surface area contributed by atoms with Crippen molar-refractivity contribution >= 4 is 53.4 Å². The Morgan fingerprint density at radius 3 is 1.62 bits per heavy atom. The van der Waals surface area contributed by atoms with E-state index in [-0.39, 0.29) is 0 Å². The Balaban J connectivity index is 1.07. The Bertz CT molecular complexity index is 2860. The summed E-state index contributed by atoms with van der Waals surface area (Å²) in [6, 6.07) is 57.0. The maximum absolute atomic E-state index is 6.39. The van der Waals surface area contributed by atoms with E-state index >= 15 is 0 Å². The molecule has 0 fully saturated rings. The van der Waals surface area contributed by atoms with Crippen molar-refractivity contribution in [2.24, 2.45) is 0 Å². The van der Waals surface area contributed by atoms with Gasteiger partial charge >= 0.3 is 0 Å². The van der Waals surface area contributed by atoms with Gasteiger partial charge in [0.1, 0.15) is 11.2 Å². The molecule has 10 rings (SSSR count). The molecule has 0 saturated heterocycles. The minimum absolute atomic E-state index is 0.581. The number of benzene rings is 7. The van der Waals surface area contributed by atoms with E-state index in [4.69, 9.17) is 19.4 Å². The smallest absolute Gasteiger partial charge is 0.167 e. The summed E-state index contributed by atoms with van der Waals surface area (Å²) < 4.78 is 8.83. The first kappa shape index (κ1) is 28.6. The highest BCUT2D eigenvalue weighted by Gasteiger charge is 2.18. The van der Waals surface area contributed by atoms with Crippen LogP contribution >= 0.6 is 11.3 Å². The fourth-order valence-electron chi connectivity index (χ4n) is 6.85. The molecule has 0 aliphatic rings. The Morgan fingerprint density at radius 1 is 0.360 bits per heavy atom. The number of hydrogen-bond acceptors (Lipinski definition) is 5. The van der Waals surface area contributed by atoms with Gasteiger partial charge in [0.15, 0.2) is 17.5 Å². The fourth-order valence-corrected chi connectivity index (χ4v) is 8.03. The van der Waals surface area contributed by atoms with Crippen molar-refractivity contribution in [3.05, 3.63) is 164 Å². The maximum atomic E-state index is 6.39. The number of para-hydroxylation sites is 2. The minimum atomic E-state index is 0.581. The van der Waals surface area contributed by atoms with Gasteiger partial charge < -0.3 is 4.42 Å². The van der Waals surface area contributed by atoms with Gasteiger partial charge in [-0.25, -0.2) is 15.0 Å². The minimum Gasteiger partial charge on any atom is -0.455 e. The van der Waals surface area contributed by atoms with Crippen LogP contribution in [-0.4, -0.2) is 15.0 Å². The van der Waals surface area contributed by atoms with E-state index < -0.39 is 0 Å². The summed E-state index contributed by atoms with van der Waals surface area (Å²) in [5.74, 6) is 1.83. The number of furan rings is 1. The van der Waals surface area contributed by atoms with Gasteiger partial charge in [-0.2, -0.15) is 0 Å². The molecule has 0 atom stereocenters. The number of rotatable bonds is 5. The molecule has 0 aliphatic carbocycles. The van der Waals surface area contributed by atoms with Crippen LogP contribution in [0.5, 0.6) is 0 Å². The van der Waals surface area contributed by atoms with E-state index in [2.05, 4.69) is 103 Å². The molecule has 3 aromatic heterocycles. The third-order valence-electron chi connectivity index (χ3n) is 9.37. The van der Waals surface area contributed by atoms with Gasteiger partial charge in [-0.3, -0.25) is 0 Å². The van der Waals surface area contributed by atoms with Gasteiger partial charge in [-0.15, -0.1) is 11.3 Å². The second-order valence-electron chi connectivity index (χ2n) is 12.4. The molecule has 7 aromatic carbocycles. The van der Waals surface area contributed by atoms with Crippen molar-refractivity contribution in [3.63, 3.8) is 0 Å². The molecule has 0 radical (unpaired) electrons. The molecule has 0 spiro atoms. The summed E-state index contributed by atoms with van der Waals surface area (Å²) in [5.41, 5.74) is 9.18. The molecule has 0 saturated carbocycles. The molecular formula is C45H27N3OS. The van der Waals surface area contributed by atoms with E-state index in [1.54, 1.807) is 11.3 Å². The molecule has 0 N–H and O–H groups in total. The Labute approximate surface area is 292 Å². The van der Waals surface area contributed by atoms with Crippen molar-refractivity contribution in [1.82, 2.24) is 15.0 Å². The highest BCUT2D eigenvalue weighted by atomic mass is 32.1. The quantitative estimate of drug-likeness (QED) is 0.185. The largest absolute Gasteiger partial charge is 0.455 e. The van der Waals surface area contributed by atoms with Crippen molar-refractivity contribution in [2.75, 3.05) is 0 Å². The fraction of sp³-hybridized carbons (Fsp3) is 0. The van der Waals surface area contributed by atoms with E-state index in [0.717, 1.165) is 38.6 Å². The van der Waals surface area contributed by atoms with Crippen molar-refractivity contribution in [3.8, 4) is 56.4 Å². The molecular weight excluding hydrogens is 631 g/mol. The second-order valence-corrected chi connectivity index (χ2v) is 13.5. The number of thiophene rings is 1. The Morgan fingerprint density at radius 2 is 0.880 bits per heavy atom. The van der Waals surface area contributed by atoms with Crippen LogP contribution in [0.15, 0.2) is 168 Å². The monoisotopic (exact) mass is 657 g/mol. The van der Waals surface area contributed by atoms with Crippen LogP contribution in [-0.2, 0) is 0 Å². The van der Waals surface area contributed by atoms with Crippen LogP contribution in [0, 0.1) is 0 Å². The van der Waals surface area contributed by atoms with E-state index in [9.17, 15) is 0 Å². The third-order valence-corrected chi connectivity index (χ3v) is 10.5. The lowest BCUT2D eigenvalue weighted by Crippen LogP contribution is -2.00. The Kier molecular flexibility index (Phi) is 6.64. The number of aromatic nitrogens is 3. The second kappa shape index (κ2) is 11.6. The summed E-state index contributed by atoms with van der Waals surface area (Å²) in [5, 5.41) is 4.59. The van der Waals surface area contributed by atoms with Crippen LogP contribution < -0.4 is 0 Å². The third kappa shape index (κ3) is 4.87. The van der Waals surface area contributed by atoms with Crippen LogP contribution in [0.25, 0.3) is 98.5 Å². The van der Waals surface area contributed by atoms with Crippen molar-refractivity contribution < 1.29 is 4.42 Å². The van der Waals surface area contributed by atoms with Crippen LogP contribution in [0.3, 0.4) is 0 Å². The zero-order chi connectivity index (χ0) is 33.0. The zero-order valence-electron chi connectivity index (χ0n) is 26.7. The van der Waals surface area contributed by atoms with Crippen molar-refractivity contribution in [1.29, 1.82) is 0 Å². The average Bonchev–Trinajstić information content (AvgIpc) is 3.76. The van der Waals surface area contributed by atoms with Crippen LogP contribution in [0.1, 0.15) is 0 Å². The molecule has 4 nitrogen and oxygen atoms in total. The first-order chi connectivity index (χ1) is 24.7. The number of fused-ring (bicyclic) bond motifs is 6. The molecule has 0 amide bonds. The van der Waals surface area contributed by atoms with Gasteiger partial charge in [0.05, 0.1) is 5.56 Å². The van der Waals surface area contributed by atoms with Crippen molar-refractivity contribution in [2.45, 2.75) is 0 Å². The topological polar surface area (TPSA) is 51.8 Å². The predicted octanol–water partition coefficient (Wildman–Crippen LogP) is 12.5. The molecule has 10 aromatic rings. The predicted molar refractivity (Wildman–Crippen MR) is 207 cm³/mol. The lowest BCUT2D eigenvalue weighted by molar-refractivity contribution is 0.669. The van der Waals surface area contributed by atoms with E-state index in [1.165, 1.54) is 42.4 Å². The molecule has 234 valence electrons. The van der Waals surface area contributed by atoms with E-state index in [1.807, 2.05) is 60.7 Å². The summed E-state index contributed by atoms with van der Waals surface area (Å²) in [7, 11) is 0. The number of nitrogens with zero attached hydrogens (tertiary/aromatic N) is 3.